The molecule has 2 rings (SSSR count). The number of carbonyl (C=O) groups is 1. The molecule has 6 nitrogen and oxygen atoms in total. The van der Waals surface area contributed by atoms with Crippen LogP contribution < -0.4 is 5.69 Å². The number of nitrogens with zero attached hydrogens (tertiary/aromatic N) is 2. The van der Waals surface area contributed by atoms with E-state index in [1.165, 1.54) is 11.8 Å². The van der Waals surface area contributed by atoms with Gasteiger partial charge in [-0.1, -0.05) is 25.1 Å². The normalized spacial score (nSPS) is 23.3. The number of carbonyl (C=O) groups excluding carboxylic acids is 1. The number of rotatable bonds is 5. The fourth-order valence-electron chi connectivity index (χ4n) is 1.85. The summed E-state index contributed by atoms with van der Waals surface area (Å²) in [4.78, 5) is 23.1. The maximum atomic E-state index is 11.6. The topological polar surface area (TPSA) is 77.0 Å². The molecule has 7 heteroatoms. The highest BCUT2D eigenvalue weighted by atomic mass is 32.2. The second-order valence-corrected chi connectivity index (χ2v) is 5.58. The average molecular weight is 271 g/mol. The SMILES string of the molecule is CCCCn1c(S[C@H]2C[C@@H](C)OC2=O)n[nH]c1=O. The molecule has 1 fully saturated rings. The molecule has 0 bridgehead atoms. The van der Waals surface area contributed by atoms with Crippen molar-refractivity contribution in [1.82, 2.24) is 14.8 Å². The number of aromatic nitrogens is 3. The lowest BCUT2D eigenvalue weighted by Crippen LogP contribution is -2.19. The van der Waals surface area contributed by atoms with E-state index in [9.17, 15) is 9.59 Å². The molecule has 0 aliphatic carbocycles. The summed E-state index contributed by atoms with van der Waals surface area (Å²) in [6, 6.07) is 0. The van der Waals surface area contributed by atoms with E-state index in [4.69, 9.17) is 4.74 Å². The molecule has 1 N–H and O–H groups in total. The van der Waals surface area contributed by atoms with Crippen LogP contribution in [0.25, 0.3) is 0 Å². The fraction of sp³-hybridized carbons (Fsp3) is 0.727. The van der Waals surface area contributed by atoms with E-state index in [0.717, 1.165) is 12.8 Å². The van der Waals surface area contributed by atoms with Crippen LogP contribution in [0.3, 0.4) is 0 Å². The highest BCUT2D eigenvalue weighted by Crippen LogP contribution is 2.30. The number of ether oxygens (including phenoxy) is 1. The van der Waals surface area contributed by atoms with Crippen LogP contribution in [-0.2, 0) is 16.1 Å². The number of cyclic esters (lactones) is 1. The number of thioether (sulfide) groups is 1. The number of unbranched alkanes of at least 4 members (excludes halogenated alkanes) is 1. The quantitative estimate of drug-likeness (QED) is 0.813. The van der Waals surface area contributed by atoms with E-state index in [1.54, 1.807) is 4.57 Å². The van der Waals surface area contributed by atoms with E-state index < -0.39 is 0 Å². The minimum atomic E-state index is -0.254. The summed E-state index contributed by atoms with van der Waals surface area (Å²) >= 11 is 1.31. The number of aromatic amines is 1. The van der Waals surface area contributed by atoms with E-state index in [1.807, 2.05) is 6.92 Å². The Morgan fingerprint density at radius 2 is 2.33 bits per heavy atom. The van der Waals surface area contributed by atoms with E-state index >= 15 is 0 Å². The van der Waals surface area contributed by atoms with Crippen LogP contribution in [0.4, 0.5) is 0 Å². The van der Waals surface area contributed by atoms with Gasteiger partial charge >= 0.3 is 11.7 Å². The van der Waals surface area contributed by atoms with Gasteiger partial charge in [-0.2, -0.15) is 0 Å². The zero-order valence-corrected chi connectivity index (χ0v) is 11.3. The third-order valence-corrected chi connectivity index (χ3v) is 4.02. The summed E-state index contributed by atoms with van der Waals surface area (Å²) in [6.07, 6.45) is 2.53. The van der Waals surface area contributed by atoms with Crippen LogP contribution in [-0.4, -0.2) is 32.1 Å². The lowest BCUT2D eigenvalue weighted by molar-refractivity contribution is -0.140. The minimum Gasteiger partial charge on any atom is -0.462 e. The van der Waals surface area contributed by atoms with Gasteiger partial charge in [-0.15, -0.1) is 5.10 Å². The van der Waals surface area contributed by atoms with Crippen molar-refractivity contribution in [2.75, 3.05) is 0 Å². The van der Waals surface area contributed by atoms with Gasteiger partial charge in [0, 0.05) is 13.0 Å². The number of nitrogens with one attached hydrogen (secondary N) is 1. The van der Waals surface area contributed by atoms with Crippen molar-refractivity contribution in [3.63, 3.8) is 0 Å². The first kappa shape index (κ1) is 13.2. The number of hydrogen-bond acceptors (Lipinski definition) is 5. The second kappa shape index (κ2) is 5.60. The molecule has 18 heavy (non-hydrogen) atoms. The van der Waals surface area contributed by atoms with Crippen molar-refractivity contribution in [3.05, 3.63) is 10.5 Å². The van der Waals surface area contributed by atoms with Crippen LogP contribution in [0.15, 0.2) is 9.95 Å². The standard InChI is InChI=1S/C11H17N3O3S/c1-3-4-5-14-10(16)12-13-11(14)18-8-6-7(2)17-9(8)15/h7-8H,3-6H2,1-2H3,(H,12,16)/t7-,8+/m1/s1. The molecule has 0 saturated carbocycles. The van der Waals surface area contributed by atoms with Gasteiger partial charge < -0.3 is 4.74 Å². The number of esters is 1. The summed E-state index contributed by atoms with van der Waals surface area (Å²) in [6.45, 7) is 4.56. The zero-order valence-electron chi connectivity index (χ0n) is 10.5. The van der Waals surface area contributed by atoms with Gasteiger partial charge in [-0.05, 0) is 13.3 Å². The summed E-state index contributed by atoms with van der Waals surface area (Å²) in [7, 11) is 0. The minimum absolute atomic E-state index is 0.0512. The van der Waals surface area contributed by atoms with Crippen molar-refractivity contribution in [1.29, 1.82) is 0 Å². The highest BCUT2D eigenvalue weighted by molar-refractivity contribution is 8.00. The molecule has 1 aromatic heterocycles. The van der Waals surface area contributed by atoms with E-state index in [-0.39, 0.29) is 23.0 Å². The first-order valence-corrected chi connectivity index (χ1v) is 7.02. The summed E-state index contributed by atoms with van der Waals surface area (Å²) in [5.74, 6) is -0.218. The molecule has 2 atom stereocenters. The zero-order chi connectivity index (χ0) is 13.1. The van der Waals surface area contributed by atoms with Crippen molar-refractivity contribution in [2.45, 2.75) is 56.2 Å². The predicted octanol–water partition coefficient (Wildman–Crippen LogP) is 1.17. The Hall–Kier alpha value is -1.24. The molecule has 2 heterocycles. The first-order valence-electron chi connectivity index (χ1n) is 6.14. The summed E-state index contributed by atoms with van der Waals surface area (Å²) < 4.78 is 6.68. The Balaban J connectivity index is 2.09. The van der Waals surface area contributed by atoms with Gasteiger partial charge in [0.15, 0.2) is 5.16 Å². The van der Waals surface area contributed by atoms with Crippen molar-refractivity contribution in [3.8, 4) is 0 Å². The van der Waals surface area contributed by atoms with Crippen molar-refractivity contribution >= 4 is 17.7 Å². The van der Waals surface area contributed by atoms with Gasteiger partial charge in [0.2, 0.25) is 0 Å². The molecule has 0 radical (unpaired) electrons. The van der Waals surface area contributed by atoms with Crippen LogP contribution >= 0.6 is 11.8 Å². The molecule has 1 aromatic rings. The second-order valence-electron chi connectivity index (χ2n) is 4.41. The Bertz CT molecular complexity index is 482. The predicted molar refractivity (Wildman–Crippen MR) is 67.6 cm³/mol. The molecule has 1 aliphatic heterocycles. The molecule has 0 amide bonds. The molecular weight excluding hydrogens is 254 g/mol. The molecule has 0 unspecified atom stereocenters. The molecule has 1 aliphatic rings. The van der Waals surface area contributed by atoms with Crippen LogP contribution in [0.5, 0.6) is 0 Å². The van der Waals surface area contributed by atoms with E-state index in [0.29, 0.717) is 18.1 Å². The van der Waals surface area contributed by atoms with Gasteiger partial charge in [0.25, 0.3) is 0 Å². The molecule has 1 saturated heterocycles. The van der Waals surface area contributed by atoms with Gasteiger partial charge in [0.05, 0.1) is 0 Å². The number of H-pyrrole nitrogens is 1. The molecule has 0 aromatic carbocycles. The molecule has 100 valence electrons. The third kappa shape index (κ3) is 2.77. The largest absolute Gasteiger partial charge is 0.462 e. The highest BCUT2D eigenvalue weighted by Gasteiger charge is 2.34. The first-order chi connectivity index (χ1) is 8.61. The molecular formula is C11H17N3O3S. The lowest BCUT2D eigenvalue weighted by atomic mass is 10.3. The summed E-state index contributed by atoms with van der Waals surface area (Å²) in [5.41, 5.74) is -0.217. The van der Waals surface area contributed by atoms with Crippen LogP contribution in [0.2, 0.25) is 0 Å². The van der Waals surface area contributed by atoms with Crippen LogP contribution in [0, 0.1) is 0 Å². The maximum absolute atomic E-state index is 11.6. The van der Waals surface area contributed by atoms with Gasteiger partial charge in [-0.3, -0.25) is 9.36 Å². The van der Waals surface area contributed by atoms with Crippen molar-refractivity contribution in [2.24, 2.45) is 0 Å². The Morgan fingerprint density at radius 3 is 2.94 bits per heavy atom. The molecule has 0 spiro atoms. The fourth-order valence-corrected chi connectivity index (χ4v) is 3.02. The van der Waals surface area contributed by atoms with Gasteiger partial charge in [0.1, 0.15) is 11.4 Å². The monoisotopic (exact) mass is 271 g/mol. The van der Waals surface area contributed by atoms with E-state index in [2.05, 4.69) is 17.1 Å². The third-order valence-electron chi connectivity index (χ3n) is 2.83. The summed E-state index contributed by atoms with van der Waals surface area (Å²) in [5, 5.41) is 6.72. The average Bonchev–Trinajstić information content (AvgIpc) is 2.81. The smallest absolute Gasteiger partial charge is 0.343 e. The Morgan fingerprint density at radius 1 is 1.56 bits per heavy atom. The maximum Gasteiger partial charge on any atom is 0.343 e. The number of hydrogen-bond donors (Lipinski definition) is 1. The van der Waals surface area contributed by atoms with Crippen LogP contribution in [0.1, 0.15) is 33.1 Å². The Kier molecular flexibility index (Phi) is 4.11. The van der Waals surface area contributed by atoms with Crippen molar-refractivity contribution < 1.29 is 9.53 Å². The van der Waals surface area contributed by atoms with Gasteiger partial charge in [-0.25, -0.2) is 9.89 Å². The Labute approximate surface area is 109 Å². The lowest BCUT2D eigenvalue weighted by Gasteiger charge is -2.06.